The fourth-order valence-electron chi connectivity index (χ4n) is 1.67. The van der Waals surface area contributed by atoms with Crippen LogP contribution in [-0.2, 0) is 14.8 Å². The molecule has 0 aliphatic rings. The smallest absolute Gasteiger partial charge is 0.241 e. The van der Waals surface area contributed by atoms with Gasteiger partial charge in [-0.15, -0.1) is 0 Å². The molecule has 3 N–H and O–H groups in total. The van der Waals surface area contributed by atoms with Crippen LogP contribution in [0.4, 0.5) is 0 Å². The van der Waals surface area contributed by atoms with Crippen molar-refractivity contribution in [3.05, 3.63) is 18.2 Å². The third kappa shape index (κ3) is 4.58. The summed E-state index contributed by atoms with van der Waals surface area (Å²) in [6.07, 6.45) is 0. The van der Waals surface area contributed by atoms with Gasteiger partial charge in [0.1, 0.15) is 0 Å². The first-order valence-corrected chi connectivity index (χ1v) is 7.97. The third-order valence-electron chi connectivity index (χ3n) is 2.80. The number of sulfonamides is 1. The summed E-state index contributed by atoms with van der Waals surface area (Å²) in [5, 5.41) is 11.0. The van der Waals surface area contributed by atoms with E-state index < -0.39 is 22.0 Å². The Kier molecular flexibility index (Phi) is 6.60. The number of hydrogen-bond acceptors (Lipinski definition) is 6. The maximum Gasteiger partial charge on any atom is 0.241 e. The highest BCUT2D eigenvalue weighted by molar-refractivity contribution is 7.89. The summed E-state index contributed by atoms with van der Waals surface area (Å²) in [6.45, 7) is 1.24. The molecular formula is C13H20N2O6S. The lowest BCUT2D eigenvalue weighted by molar-refractivity contribution is -0.122. The van der Waals surface area contributed by atoms with Crippen LogP contribution < -0.4 is 19.5 Å². The molecule has 1 aromatic carbocycles. The van der Waals surface area contributed by atoms with Crippen molar-refractivity contribution in [2.24, 2.45) is 0 Å². The van der Waals surface area contributed by atoms with Crippen LogP contribution in [0.15, 0.2) is 23.1 Å². The molecule has 0 heterocycles. The van der Waals surface area contributed by atoms with Crippen LogP contribution in [0.2, 0.25) is 0 Å². The number of benzene rings is 1. The first-order valence-electron chi connectivity index (χ1n) is 6.48. The van der Waals surface area contributed by atoms with Crippen LogP contribution in [0, 0.1) is 0 Å². The number of aliphatic hydroxyl groups excluding tert-OH is 1. The van der Waals surface area contributed by atoms with Gasteiger partial charge in [0.2, 0.25) is 15.9 Å². The number of hydrogen-bond donors (Lipinski definition) is 3. The van der Waals surface area contributed by atoms with Gasteiger partial charge in [-0.1, -0.05) is 0 Å². The molecule has 22 heavy (non-hydrogen) atoms. The summed E-state index contributed by atoms with van der Waals surface area (Å²) in [4.78, 5) is 11.6. The van der Waals surface area contributed by atoms with Crippen LogP contribution >= 0.6 is 0 Å². The van der Waals surface area contributed by atoms with E-state index >= 15 is 0 Å². The number of amides is 1. The number of ether oxygens (including phenoxy) is 2. The van der Waals surface area contributed by atoms with E-state index in [4.69, 9.17) is 14.6 Å². The largest absolute Gasteiger partial charge is 0.493 e. The first-order chi connectivity index (χ1) is 10.4. The summed E-state index contributed by atoms with van der Waals surface area (Å²) < 4.78 is 36.8. The second kappa shape index (κ2) is 7.97. The van der Waals surface area contributed by atoms with Gasteiger partial charge in [-0.25, -0.2) is 8.42 Å². The van der Waals surface area contributed by atoms with Crippen molar-refractivity contribution in [2.75, 3.05) is 27.4 Å². The molecule has 1 atom stereocenters. The van der Waals surface area contributed by atoms with Crippen molar-refractivity contribution < 1.29 is 27.8 Å². The fraction of sp³-hybridized carbons (Fsp3) is 0.462. The van der Waals surface area contributed by atoms with Gasteiger partial charge in [-0.3, -0.25) is 4.79 Å². The molecule has 9 heteroatoms. The number of aliphatic hydroxyl groups is 1. The Labute approximate surface area is 129 Å². The molecule has 1 amide bonds. The van der Waals surface area contributed by atoms with Crippen molar-refractivity contribution in [3.63, 3.8) is 0 Å². The molecular weight excluding hydrogens is 312 g/mol. The Balaban J connectivity index is 2.92. The predicted octanol–water partition coefficient (Wildman–Crippen LogP) is -0.521. The minimum Gasteiger partial charge on any atom is -0.493 e. The zero-order valence-electron chi connectivity index (χ0n) is 12.6. The number of carbonyl (C=O) groups excluding carboxylic acids is 1. The SMILES string of the molecule is COc1ccc(S(=O)(=O)NC(C)C(=O)NCCO)cc1OC. The Morgan fingerprint density at radius 2 is 1.91 bits per heavy atom. The lowest BCUT2D eigenvalue weighted by Gasteiger charge is -2.15. The van der Waals surface area contributed by atoms with Gasteiger partial charge in [-0.05, 0) is 19.1 Å². The Bertz CT molecular complexity index is 617. The fourth-order valence-corrected chi connectivity index (χ4v) is 2.89. The topological polar surface area (TPSA) is 114 Å². The molecule has 0 spiro atoms. The highest BCUT2D eigenvalue weighted by Crippen LogP contribution is 2.29. The minimum absolute atomic E-state index is 0.0491. The second-order valence-electron chi connectivity index (χ2n) is 4.37. The van der Waals surface area contributed by atoms with Crippen molar-refractivity contribution in [1.29, 1.82) is 0 Å². The maximum absolute atomic E-state index is 12.3. The molecule has 0 bridgehead atoms. The predicted molar refractivity (Wildman–Crippen MR) is 79.4 cm³/mol. The lowest BCUT2D eigenvalue weighted by atomic mass is 10.3. The number of carbonyl (C=O) groups is 1. The Hall–Kier alpha value is -1.84. The zero-order chi connectivity index (χ0) is 16.8. The Morgan fingerprint density at radius 1 is 1.27 bits per heavy atom. The summed E-state index contributed by atoms with van der Waals surface area (Å²) in [6, 6.07) is 3.13. The van der Waals surface area contributed by atoms with Crippen molar-refractivity contribution >= 4 is 15.9 Å². The molecule has 0 aliphatic carbocycles. The molecule has 1 unspecified atom stereocenters. The van der Waals surface area contributed by atoms with E-state index in [0.29, 0.717) is 5.75 Å². The Morgan fingerprint density at radius 3 is 2.45 bits per heavy atom. The van der Waals surface area contributed by atoms with Gasteiger partial charge >= 0.3 is 0 Å². The molecule has 124 valence electrons. The highest BCUT2D eigenvalue weighted by atomic mass is 32.2. The van der Waals surface area contributed by atoms with Crippen molar-refractivity contribution in [1.82, 2.24) is 10.0 Å². The van der Waals surface area contributed by atoms with E-state index in [2.05, 4.69) is 10.0 Å². The zero-order valence-corrected chi connectivity index (χ0v) is 13.4. The molecule has 1 aromatic rings. The second-order valence-corrected chi connectivity index (χ2v) is 6.09. The summed E-state index contributed by atoms with van der Waals surface area (Å²) in [7, 11) is -1.06. The highest BCUT2D eigenvalue weighted by Gasteiger charge is 2.23. The minimum atomic E-state index is -3.90. The van der Waals surface area contributed by atoms with Gasteiger partial charge in [-0.2, -0.15) is 4.72 Å². The van der Waals surface area contributed by atoms with Gasteiger partial charge in [0.15, 0.2) is 11.5 Å². The van der Waals surface area contributed by atoms with E-state index in [1.165, 1.54) is 39.3 Å². The van der Waals surface area contributed by atoms with Crippen LogP contribution in [0.5, 0.6) is 11.5 Å². The quantitative estimate of drug-likeness (QED) is 0.590. The lowest BCUT2D eigenvalue weighted by Crippen LogP contribution is -2.45. The van der Waals surface area contributed by atoms with E-state index in [-0.39, 0.29) is 23.8 Å². The summed E-state index contributed by atoms with van der Waals surface area (Å²) in [5.74, 6) is 0.135. The number of methoxy groups -OCH3 is 2. The molecule has 0 aromatic heterocycles. The normalized spacial score (nSPS) is 12.5. The van der Waals surface area contributed by atoms with E-state index in [1.54, 1.807) is 0 Å². The van der Waals surface area contributed by atoms with Gasteiger partial charge in [0, 0.05) is 12.6 Å². The van der Waals surface area contributed by atoms with Gasteiger partial charge in [0.05, 0.1) is 31.8 Å². The molecule has 0 saturated heterocycles. The van der Waals surface area contributed by atoms with E-state index in [9.17, 15) is 13.2 Å². The van der Waals surface area contributed by atoms with Crippen LogP contribution in [0.25, 0.3) is 0 Å². The average Bonchev–Trinajstić information content (AvgIpc) is 2.51. The van der Waals surface area contributed by atoms with Crippen LogP contribution in [0.3, 0.4) is 0 Å². The summed E-state index contributed by atoms with van der Waals surface area (Å²) >= 11 is 0. The number of rotatable bonds is 8. The van der Waals surface area contributed by atoms with E-state index in [1.807, 2.05) is 0 Å². The molecule has 1 rings (SSSR count). The standard InChI is InChI=1S/C13H20N2O6S/c1-9(13(17)14-6-7-16)15-22(18,19)10-4-5-11(20-2)12(8-10)21-3/h4-5,8-9,15-16H,6-7H2,1-3H3,(H,14,17). The van der Waals surface area contributed by atoms with Crippen molar-refractivity contribution in [3.8, 4) is 11.5 Å². The molecule has 0 fully saturated rings. The molecule has 8 nitrogen and oxygen atoms in total. The van der Waals surface area contributed by atoms with Gasteiger partial charge < -0.3 is 19.9 Å². The molecule has 0 saturated carbocycles. The maximum atomic E-state index is 12.3. The number of nitrogens with one attached hydrogen (secondary N) is 2. The monoisotopic (exact) mass is 332 g/mol. The van der Waals surface area contributed by atoms with Crippen molar-refractivity contribution in [2.45, 2.75) is 17.9 Å². The molecule has 0 aliphatic heterocycles. The van der Waals surface area contributed by atoms with Crippen LogP contribution in [-0.4, -0.2) is 52.8 Å². The van der Waals surface area contributed by atoms with Crippen LogP contribution in [0.1, 0.15) is 6.92 Å². The molecule has 0 radical (unpaired) electrons. The first kappa shape index (κ1) is 18.2. The van der Waals surface area contributed by atoms with E-state index in [0.717, 1.165) is 0 Å². The van der Waals surface area contributed by atoms with Gasteiger partial charge in [0.25, 0.3) is 0 Å². The summed E-state index contributed by atoms with van der Waals surface area (Å²) in [5.41, 5.74) is 0. The third-order valence-corrected chi connectivity index (χ3v) is 4.34. The average molecular weight is 332 g/mol.